The number of carbonyl (C=O) groups excluding carboxylic acids is 1. The molecular formula is C13H25NO3. The molecule has 0 aromatic carbocycles. The van der Waals surface area contributed by atoms with Gasteiger partial charge in [-0.2, -0.15) is 0 Å². The van der Waals surface area contributed by atoms with E-state index in [4.69, 9.17) is 9.47 Å². The summed E-state index contributed by atoms with van der Waals surface area (Å²) < 4.78 is 10.6. The molecule has 0 bridgehead atoms. The summed E-state index contributed by atoms with van der Waals surface area (Å²) in [5.41, 5.74) is -0.727. The monoisotopic (exact) mass is 243 g/mol. The van der Waals surface area contributed by atoms with E-state index in [9.17, 15) is 4.79 Å². The number of rotatable bonds is 8. The van der Waals surface area contributed by atoms with E-state index in [0.29, 0.717) is 13.2 Å². The van der Waals surface area contributed by atoms with E-state index < -0.39 is 5.54 Å². The highest BCUT2D eigenvalue weighted by Gasteiger charge is 2.33. The third kappa shape index (κ3) is 4.28. The van der Waals surface area contributed by atoms with Crippen LogP contribution in [0, 0.1) is 5.92 Å². The summed E-state index contributed by atoms with van der Waals surface area (Å²) in [5, 5.41) is 2.98. The Labute approximate surface area is 104 Å². The van der Waals surface area contributed by atoms with Crippen molar-refractivity contribution in [2.24, 2.45) is 5.92 Å². The number of likely N-dealkylation sites (N-methyl/N-ethyl adjacent to an activating group) is 1. The summed E-state index contributed by atoms with van der Waals surface area (Å²) in [7, 11) is 1.76. The molecule has 0 heterocycles. The number of hydrogen-bond donors (Lipinski definition) is 1. The Balaban J connectivity index is 2.21. The van der Waals surface area contributed by atoms with Crippen molar-refractivity contribution in [1.82, 2.24) is 5.32 Å². The lowest BCUT2D eigenvalue weighted by Crippen LogP contribution is -2.52. The van der Waals surface area contributed by atoms with Gasteiger partial charge < -0.3 is 14.8 Å². The molecule has 1 saturated carbocycles. The molecule has 1 unspecified atom stereocenters. The van der Waals surface area contributed by atoms with Gasteiger partial charge in [-0.25, -0.2) is 4.79 Å². The van der Waals surface area contributed by atoms with Gasteiger partial charge in [0.1, 0.15) is 5.54 Å². The minimum absolute atomic E-state index is 0.244. The van der Waals surface area contributed by atoms with E-state index in [2.05, 4.69) is 5.32 Å². The fraction of sp³-hybridized carbons (Fsp3) is 0.923. The summed E-state index contributed by atoms with van der Waals surface area (Å²) in [4.78, 5) is 11.7. The Bertz CT molecular complexity index is 241. The third-order valence-corrected chi connectivity index (χ3v) is 3.56. The Morgan fingerprint density at radius 1 is 1.47 bits per heavy atom. The third-order valence-electron chi connectivity index (χ3n) is 3.56. The zero-order chi connectivity index (χ0) is 12.7. The molecule has 0 aliphatic heterocycles. The van der Waals surface area contributed by atoms with Crippen LogP contribution in [0.3, 0.4) is 0 Å². The van der Waals surface area contributed by atoms with Gasteiger partial charge >= 0.3 is 5.97 Å². The second-order valence-corrected chi connectivity index (χ2v) is 4.94. The van der Waals surface area contributed by atoms with Crippen molar-refractivity contribution in [2.75, 3.05) is 26.9 Å². The van der Waals surface area contributed by atoms with Crippen molar-refractivity contribution in [3.8, 4) is 0 Å². The molecule has 0 amide bonds. The zero-order valence-corrected chi connectivity index (χ0v) is 11.3. The predicted octanol–water partition coefficient (Wildman–Crippen LogP) is 1.73. The van der Waals surface area contributed by atoms with Crippen molar-refractivity contribution in [3.05, 3.63) is 0 Å². The van der Waals surface area contributed by atoms with E-state index in [1.165, 1.54) is 19.3 Å². The molecule has 0 aromatic heterocycles. The molecule has 1 atom stereocenters. The number of nitrogens with one attached hydrogen (secondary N) is 1. The van der Waals surface area contributed by atoms with Crippen LogP contribution in [0.5, 0.6) is 0 Å². The largest absolute Gasteiger partial charge is 0.465 e. The van der Waals surface area contributed by atoms with Gasteiger partial charge in [-0.05, 0) is 33.2 Å². The standard InChI is InChI=1S/C13H25NO3/c1-4-17-12(15)13(2,14-3)10-16-9-8-11-6-5-7-11/h11,14H,4-10H2,1-3H3. The zero-order valence-electron chi connectivity index (χ0n) is 11.3. The lowest BCUT2D eigenvalue weighted by molar-refractivity contribution is -0.153. The number of ether oxygens (including phenoxy) is 2. The normalized spacial score (nSPS) is 19.5. The Morgan fingerprint density at radius 3 is 2.65 bits per heavy atom. The Hall–Kier alpha value is -0.610. The first-order chi connectivity index (χ1) is 8.12. The maximum Gasteiger partial charge on any atom is 0.328 e. The molecule has 1 rings (SSSR count). The Kier molecular flexibility index (Phi) is 5.92. The summed E-state index contributed by atoms with van der Waals surface area (Å²) in [6.45, 7) is 5.13. The molecule has 4 nitrogen and oxygen atoms in total. The highest BCUT2D eigenvalue weighted by atomic mass is 16.5. The Morgan fingerprint density at radius 2 is 2.18 bits per heavy atom. The SMILES string of the molecule is CCOC(=O)C(C)(COCCC1CCC1)NC. The molecule has 100 valence electrons. The molecule has 1 fully saturated rings. The lowest BCUT2D eigenvalue weighted by Gasteiger charge is -2.28. The van der Waals surface area contributed by atoms with Gasteiger partial charge in [-0.15, -0.1) is 0 Å². The second-order valence-electron chi connectivity index (χ2n) is 4.94. The molecule has 1 N–H and O–H groups in total. The molecule has 0 saturated heterocycles. The first-order valence-electron chi connectivity index (χ1n) is 6.56. The van der Waals surface area contributed by atoms with Crippen molar-refractivity contribution < 1.29 is 14.3 Å². The van der Waals surface area contributed by atoms with E-state index in [0.717, 1.165) is 18.9 Å². The van der Waals surface area contributed by atoms with Gasteiger partial charge in [0.25, 0.3) is 0 Å². The van der Waals surface area contributed by atoms with Crippen LogP contribution in [0.1, 0.15) is 39.5 Å². The van der Waals surface area contributed by atoms with E-state index in [-0.39, 0.29) is 5.97 Å². The molecule has 0 radical (unpaired) electrons. The van der Waals surface area contributed by atoms with Gasteiger partial charge in [-0.1, -0.05) is 19.3 Å². The molecule has 1 aliphatic rings. The minimum atomic E-state index is -0.727. The van der Waals surface area contributed by atoms with Crippen molar-refractivity contribution in [1.29, 1.82) is 0 Å². The fourth-order valence-corrected chi connectivity index (χ4v) is 1.83. The molecule has 17 heavy (non-hydrogen) atoms. The number of hydrogen-bond acceptors (Lipinski definition) is 4. The van der Waals surface area contributed by atoms with Crippen LogP contribution in [0.25, 0.3) is 0 Å². The predicted molar refractivity (Wildman–Crippen MR) is 66.9 cm³/mol. The molecule has 0 spiro atoms. The first kappa shape index (κ1) is 14.5. The van der Waals surface area contributed by atoms with E-state index in [1.54, 1.807) is 7.05 Å². The second kappa shape index (κ2) is 6.97. The van der Waals surface area contributed by atoms with Gasteiger partial charge in [-0.3, -0.25) is 0 Å². The topological polar surface area (TPSA) is 47.6 Å². The molecule has 4 heteroatoms. The van der Waals surface area contributed by atoms with E-state index >= 15 is 0 Å². The quantitative estimate of drug-likeness (QED) is 0.521. The maximum atomic E-state index is 11.7. The average molecular weight is 243 g/mol. The van der Waals surface area contributed by atoms with Crippen LogP contribution in [0.15, 0.2) is 0 Å². The fourth-order valence-electron chi connectivity index (χ4n) is 1.83. The van der Waals surface area contributed by atoms with Crippen LogP contribution in [0.4, 0.5) is 0 Å². The molecular weight excluding hydrogens is 218 g/mol. The first-order valence-corrected chi connectivity index (χ1v) is 6.56. The summed E-state index contributed by atoms with van der Waals surface area (Å²) in [5.74, 6) is 0.601. The van der Waals surface area contributed by atoms with Crippen LogP contribution < -0.4 is 5.32 Å². The highest BCUT2D eigenvalue weighted by Crippen LogP contribution is 2.29. The van der Waals surface area contributed by atoms with Crippen LogP contribution in [-0.2, 0) is 14.3 Å². The average Bonchev–Trinajstić information content (AvgIpc) is 2.26. The lowest BCUT2D eigenvalue weighted by atomic mass is 9.83. The van der Waals surface area contributed by atoms with Gasteiger partial charge in [0, 0.05) is 6.61 Å². The number of carbonyl (C=O) groups is 1. The van der Waals surface area contributed by atoms with Gasteiger partial charge in [0.2, 0.25) is 0 Å². The molecule has 0 aromatic rings. The molecule has 1 aliphatic carbocycles. The van der Waals surface area contributed by atoms with Gasteiger partial charge in [0.15, 0.2) is 0 Å². The number of esters is 1. The van der Waals surface area contributed by atoms with Crippen molar-refractivity contribution in [3.63, 3.8) is 0 Å². The summed E-state index contributed by atoms with van der Waals surface area (Å²) in [6, 6.07) is 0. The summed E-state index contributed by atoms with van der Waals surface area (Å²) >= 11 is 0. The van der Waals surface area contributed by atoms with Gasteiger partial charge in [0.05, 0.1) is 13.2 Å². The van der Waals surface area contributed by atoms with E-state index in [1.807, 2.05) is 13.8 Å². The van der Waals surface area contributed by atoms with Crippen molar-refractivity contribution in [2.45, 2.75) is 45.1 Å². The van der Waals surface area contributed by atoms with Crippen molar-refractivity contribution >= 4 is 5.97 Å². The maximum absolute atomic E-state index is 11.7. The van der Waals surface area contributed by atoms with Crippen LogP contribution in [-0.4, -0.2) is 38.4 Å². The van der Waals surface area contributed by atoms with Crippen LogP contribution >= 0.6 is 0 Å². The highest BCUT2D eigenvalue weighted by molar-refractivity contribution is 5.80. The minimum Gasteiger partial charge on any atom is -0.465 e. The smallest absolute Gasteiger partial charge is 0.328 e. The summed E-state index contributed by atoms with van der Waals surface area (Å²) in [6.07, 6.45) is 5.15. The van der Waals surface area contributed by atoms with Crippen LogP contribution in [0.2, 0.25) is 0 Å².